The van der Waals surface area contributed by atoms with Gasteiger partial charge in [0.05, 0.1) is 10.0 Å². The van der Waals surface area contributed by atoms with Crippen LogP contribution in [0.4, 0.5) is 0 Å². The Hall–Kier alpha value is -0.460. The first kappa shape index (κ1) is 8.63. The molecule has 0 amide bonds. The molecular weight excluding hydrogens is 179 g/mol. The van der Waals surface area contributed by atoms with Gasteiger partial charge in [0, 0.05) is 6.42 Å². The Morgan fingerprint density at radius 1 is 1.27 bits per heavy atom. The fraction of sp³-hybridized carbons (Fsp3) is 0. The molecule has 0 aliphatic rings. The van der Waals surface area contributed by atoms with Crippen LogP contribution in [-0.2, 0) is 0 Å². The SMILES string of the molecule is C=C[CH]c1cccc(Cl)c1Cl. The summed E-state index contributed by atoms with van der Waals surface area (Å²) in [6.07, 6.45) is 3.49. The summed E-state index contributed by atoms with van der Waals surface area (Å²) in [6, 6.07) is 5.49. The second kappa shape index (κ2) is 3.80. The zero-order valence-corrected chi connectivity index (χ0v) is 7.36. The minimum Gasteiger partial charge on any atom is -0.102 e. The third kappa shape index (κ3) is 1.98. The van der Waals surface area contributed by atoms with E-state index in [-0.39, 0.29) is 0 Å². The summed E-state index contributed by atoms with van der Waals surface area (Å²) in [4.78, 5) is 0. The average Bonchev–Trinajstić information content (AvgIpc) is 1.99. The van der Waals surface area contributed by atoms with Crippen molar-refractivity contribution in [2.24, 2.45) is 0 Å². The van der Waals surface area contributed by atoms with Gasteiger partial charge >= 0.3 is 0 Å². The predicted molar refractivity (Wildman–Crippen MR) is 50.1 cm³/mol. The third-order valence-corrected chi connectivity index (χ3v) is 2.11. The summed E-state index contributed by atoms with van der Waals surface area (Å²) < 4.78 is 0. The van der Waals surface area contributed by atoms with Gasteiger partial charge in [-0.2, -0.15) is 0 Å². The van der Waals surface area contributed by atoms with E-state index in [1.165, 1.54) is 0 Å². The first-order valence-electron chi connectivity index (χ1n) is 3.15. The van der Waals surface area contributed by atoms with Crippen LogP contribution in [0.5, 0.6) is 0 Å². The molecule has 0 fully saturated rings. The highest BCUT2D eigenvalue weighted by atomic mass is 35.5. The Morgan fingerprint density at radius 3 is 2.64 bits per heavy atom. The standard InChI is InChI=1S/C9H7Cl2/c1-2-4-7-5-3-6-8(10)9(7)11/h2-6H,1H2. The Kier molecular flexibility index (Phi) is 2.98. The van der Waals surface area contributed by atoms with Gasteiger partial charge < -0.3 is 0 Å². The fourth-order valence-corrected chi connectivity index (χ4v) is 1.15. The Balaban J connectivity index is 3.05. The van der Waals surface area contributed by atoms with Crippen LogP contribution in [-0.4, -0.2) is 0 Å². The van der Waals surface area contributed by atoms with E-state index in [1.54, 1.807) is 12.1 Å². The molecule has 0 spiro atoms. The van der Waals surface area contributed by atoms with Crippen LogP contribution in [0, 0.1) is 6.42 Å². The van der Waals surface area contributed by atoms with Crippen molar-refractivity contribution in [1.82, 2.24) is 0 Å². The molecule has 0 saturated carbocycles. The normalized spacial score (nSPS) is 9.64. The van der Waals surface area contributed by atoms with Gasteiger partial charge in [0.15, 0.2) is 0 Å². The predicted octanol–water partition coefficient (Wildman–Crippen LogP) is 3.73. The van der Waals surface area contributed by atoms with Crippen LogP contribution in [0.25, 0.3) is 0 Å². The second-order valence-electron chi connectivity index (χ2n) is 2.05. The van der Waals surface area contributed by atoms with Gasteiger partial charge in [0.25, 0.3) is 0 Å². The largest absolute Gasteiger partial charge is 0.102 e. The van der Waals surface area contributed by atoms with E-state index in [0.29, 0.717) is 10.0 Å². The van der Waals surface area contributed by atoms with Gasteiger partial charge in [-0.1, -0.05) is 41.4 Å². The fourth-order valence-electron chi connectivity index (χ4n) is 0.776. The number of halogens is 2. The van der Waals surface area contributed by atoms with E-state index in [2.05, 4.69) is 6.58 Å². The molecular formula is C9H7Cl2. The lowest BCUT2D eigenvalue weighted by Crippen LogP contribution is -1.79. The molecule has 1 radical (unpaired) electrons. The molecule has 0 atom stereocenters. The summed E-state index contributed by atoms with van der Waals surface area (Å²) in [5.74, 6) is 0. The molecule has 1 aromatic rings. The Bertz CT molecular complexity index is 266. The van der Waals surface area contributed by atoms with E-state index in [4.69, 9.17) is 23.2 Å². The van der Waals surface area contributed by atoms with Gasteiger partial charge in [0.1, 0.15) is 0 Å². The van der Waals surface area contributed by atoms with E-state index in [0.717, 1.165) is 5.56 Å². The third-order valence-electron chi connectivity index (χ3n) is 1.28. The maximum Gasteiger partial charge on any atom is 0.0630 e. The number of rotatable bonds is 2. The summed E-state index contributed by atoms with van der Waals surface area (Å²) in [5.41, 5.74) is 0.897. The molecule has 0 aromatic heterocycles. The van der Waals surface area contributed by atoms with E-state index in [9.17, 15) is 0 Å². The number of allylic oxidation sites excluding steroid dienone is 1. The van der Waals surface area contributed by atoms with Gasteiger partial charge in [-0.3, -0.25) is 0 Å². The van der Waals surface area contributed by atoms with Crippen molar-refractivity contribution in [2.75, 3.05) is 0 Å². The summed E-state index contributed by atoms with van der Waals surface area (Å²) in [6.45, 7) is 3.57. The van der Waals surface area contributed by atoms with Crippen molar-refractivity contribution in [3.05, 3.63) is 52.9 Å². The van der Waals surface area contributed by atoms with Gasteiger partial charge in [-0.15, -0.1) is 6.58 Å². The lowest BCUT2D eigenvalue weighted by molar-refractivity contribution is 1.53. The highest BCUT2D eigenvalue weighted by molar-refractivity contribution is 6.42. The van der Waals surface area contributed by atoms with Crippen LogP contribution < -0.4 is 0 Å². The smallest absolute Gasteiger partial charge is 0.0630 e. The lowest BCUT2D eigenvalue weighted by atomic mass is 10.1. The molecule has 0 aliphatic heterocycles. The molecule has 1 rings (SSSR count). The van der Waals surface area contributed by atoms with Crippen molar-refractivity contribution in [3.8, 4) is 0 Å². The molecule has 0 heterocycles. The average molecular weight is 186 g/mol. The highest BCUT2D eigenvalue weighted by Gasteiger charge is 2.01. The molecule has 0 nitrogen and oxygen atoms in total. The van der Waals surface area contributed by atoms with Crippen molar-refractivity contribution >= 4 is 23.2 Å². The Morgan fingerprint density at radius 2 is 2.00 bits per heavy atom. The minimum absolute atomic E-state index is 0.572. The highest BCUT2D eigenvalue weighted by Crippen LogP contribution is 2.26. The molecule has 57 valence electrons. The van der Waals surface area contributed by atoms with Crippen LogP contribution in [0.2, 0.25) is 10.0 Å². The first-order valence-corrected chi connectivity index (χ1v) is 3.91. The quantitative estimate of drug-likeness (QED) is 0.659. The molecule has 0 N–H and O–H groups in total. The number of hydrogen-bond donors (Lipinski definition) is 0. The Labute approximate surface area is 76.4 Å². The van der Waals surface area contributed by atoms with Crippen molar-refractivity contribution in [3.63, 3.8) is 0 Å². The summed E-state index contributed by atoms with van der Waals surface area (Å²) >= 11 is 11.6. The zero-order chi connectivity index (χ0) is 8.27. The topological polar surface area (TPSA) is 0 Å². The molecule has 0 aliphatic carbocycles. The molecule has 0 saturated heterocycles. The van der Waals surface area contributed by atoms with Crippen molar-refractivity contribution < 1.29 is 0 Å². The maximum absolute atomic E-state index is 5.86. The minimum atomic E-state index is 0.572. The lowest BCUT2D eigenvalue weighted by Gasteiger charge is -2.00. The van der Waals surface area contributed by atoms with E-state index < -0.39 is 0 Å². The van der Waals surface area contributed by atoms with Crippen LogP contribution in [0.3, 0.4) is 0 Å². The monoisotopic (exact) mass is 185 g/mol. The van der Waals surface area contributed by atoms with Gasteiger partial charge in [-0.05, 0) is 11.6 Å². The summed E-state index contributed by atoms with van der Waals surface area (Å²) in [7, 11) is 0. The van der Waals surface area contributed by atoms with Crippen LogP contribution in [0.15, 0.2) is 30.9 Å². The van der Waals surface area contributed by atoms with E-state index >= 15 is 0 Å². The van der Waals surface area contributed by atoms with Gasteiger partial charge in [0.2, 0.25) is 0 Å². The van der Waals surface area contributed by atoms with Gasteiger partial charge in [-0.25, -0.2) is 0 Å². The maximum atomic E-state index is 5.86. The molecule has 1 aromatic carbocycles. The van der Waals surface area contributed by atoms with E-state index in [1.807, 2.05) is 18.6 Å². The molecule has 0 bridgehead atoms. The molecule has 0 unspecified atom stereocenters. The number of hydrogen-bond acceptors (Lipinski definition) is 0. The first-order chi connectivity index (χ1) is 5.25. The zero-order valence-electron chi connectivity index (χ0n) is 5.85. The van der Waals surface area contributed by atoms with Crippen molar-refractivity contribution in [2.45, 2.75) is 0 Å². The molecule has 2 heteroatoms. The molecule has 11 heavy (non-hydrogen) atoms. The van der Waals surface area contributed by atoms with Crippen LogP contribution >= 0.6 is 23.2 Å². The second-order valence-corrected chi connectivity index (χ2v) is 2.83. The van der Waals surface area contributed by atoms with Crippen LogP contribution in [0.1, 0.15) is 5.56 Å². The number of benzene rings is 1. The van der Waals surface area contributed by atoms with Crippen molar-refractivity contribution in [1.29, 1.82) is 0 Å². The summed E-state index contributed by atoms with van der Waals surface area (Å²) in [5, 5.41) is 1.15.